The van der Waals surface area contributed by atoms with Crippen LogP contribution in [-0.2, 0) is 41.6 Å². The summed E-state index contributed by atoms with van der Waals surface area (Å²) in [4.78, 5) is 33.1. The first kappa shape index (κ1) is 61.5. The van der Waals surface area contributed by atoms with E-state index in [-0.39, 0.29) is 38.8 Å². The maximum atomic E-state index is 12.8. The Bertz CT molecular complexity index is 5530. The molecule has 11 aromatic rings. The SMILES string of the molecule is CC(C)CCCC(C)CCOCCCC[n+]1cc[nH]c1.Cc1cccc2cc3c(cc12)C1=NC3=Nc2c3cc4c(S(=O)(=O)[O-])cccc4cc3c3[n]2[Ga][n]2c(c4cc5cccc(S(=O)(=O)[O-])c5cc4c2=NC2=NC(=N3)c3cc4c(S(=O)(=O)[O-])cccc4cc32)=N1.O. The van der Waals surface area contributed by atoms with Crippen molar-refractivity contribution in [3.05, 3.63) is 179 Å². The predicted octanol–water partition coefficient (Wildman–Crippen LogP) is 9.23. The molecule has 461 valence electrons. The molecule has 0 amide bonds. The Hall–Kier alpha value is -8.34. The Morgan fingerprint density at radius 3 is 1.53 bits per heavy atom. The topological polar surface area (TPSA) is 316 Å². The van der Waals surface area contributed by atoms with E-state index in [9.17, 15) is 38.9 Å². The quantitative estimate of drug-likeness (QED) is 0.0439. The van der Waals surface area contributed by atoms with Gasteiger partial charge in [0.25, 0.3) is 0 Å². The number of fused-ring (bicyclic) bond motifs is 18. The largest absolute Gasteiger partial charge is 0.412 e. The van der Waals surface area contributed by atoms with Gasteiger partial charge in [-0.3, -0.25) is 4.98 Å². The zero-order valence-electron chi connectivity index (χ0n) is 49.7. The van der Waals surface area contributed by atoms with Crippen LogP contribution in [-0.4, -0.2) is 110 Å². The van der Waals surface area contributed by atoms with Gasteiger partial charge in [-0.05, 0) is 31.1 Å². The monoisotopic (exact) mass is 1330 g/mol. The molecule has 0 saturated carbocycles. The third-order valence-corrected chi connectivity index (χ3v) is 22.8. The second-order valence-electron chi connectivity index (χ2n) is 23.7. The number of aromatic amines is 1. The van der Waals surface area contributed by atoms with E-state index in [1.165, 1.54) is 74.6 Å². The van der Waals surface area contributed by atoms with Crippen LogP contribution in [0.2, 0.25) is 0 Å². The van der Waals surface area contributed by atoms with Gasteiger partial charge in [0, 0.05) is 13.2 Å². The molecule has 1 unspecified atom stereocenters. The number of aromatic nitrogens is 4. The van der Waals surface area contributed by atoms with Crippen molar-refractivity contribution in [3.63, 3.8) is 0 Å². The van der Waals surface area contributed by atoms with E-state index in [1.54, 1.807) is 48.5 Å². The fourth-order valence-corrected chi connectivity index (χ4v) is 17.7. The van der Waals surface area contributed by atoms with E-state index in [0.29, 0.717) is 88.8 Å². The second kappa shape index (κ2) is 23.7. The number of nitrogens with one attached hydrogen (secondary N) is 1. The van der Waals surface area contributed by atoms with Crippen molar-refractivity contribution in [2.75, 3.05) is 13.2 Å². The van der Waals surface area contributed by atoms with Gasteiger partial charge < -0.3 is 10.2 Å². The number of aryl methyl sites for hydroxylation is 2. The molecule has 25 heteroatoms. The number of benzene rings is 8. The second-order valence-corrected chi connectivity index (χ2v) is 30.4. The molecule has 6 bridgehead atoms. The van der Waals surface area contributed by atoms with Crippen LogP contribution < -0.4 is 15.5 Å². The Kier molecular flexibility index (Phi) is 16.0. The third-order valence-electron chi connectivity index (χ3n) is 17.1. The number of nitrogens with zero attached hydrogens (tertiary/aromatic N) is 9. The first-order valence-corrected chi connectivity index (χ1v) is 36.0. The van der Waals surface area contributed by atoms with Crippen LogP contribution >= 0.6 is 0 Å². The standard InChI is InChI=1S/C49H26N8O9S3.C17H32N2O.Ga.H2O/c1-22-6-2-7-23-14-31-35(18-27(22)23)46-50-42(31)52-47-37-20-29-25(9-4-12-40(29)68(61,62)63)16-33(37)44(54-47)56-49-38-21-30-26(10-5-13-41(30)69(64,65)66)17-34(38)45(57-49)55-48-36-19-28-24(15-32(36)43(51-46)53-48)8-3-11-39(28)67(58,59)60;1-16(2)7-6-8-17(3)9-14-20-13-5-4-11-19-12-10-18-15-19;;/h2-21H,1H3,(H3-2,50,51,52,53,54,55,56,57,58,59,60,61,62,63,64,65,66);10,12,15-17H,4-9,11,13-14H2,1-3H3;;1H2/q-2;;+2;/p-2. The van der Waals surface area contributed by atoms with Crippen molar-refractivity contribution in [1.29, 1.82) is 0 Å². The van der Waals surface area contributed by atoms with E-state index < -0.39 is 62.9 Å². The number of hydrogen-bond donors (Lipinski definition) is 1. The Morgan fingerprint density at radius 1 is 0.505 bits per heavy atom. The van der Waals surface area contributed by atoms with Crippen molar-refractivity contribution < 1.29 is 53.7 Å². The number of ether oxygens (including phenoxy) is 1. The van der Waals surface area contributed by atoms with E-state index in [4.69, 9.17) is 34.7 Å². The molecular weight excluding hydrogens is 1270 g/mol. The van der Waals surface area contributed by atoms with Crippen molar-refractivity contribution >= 4 is 148 Å². The molecule has 0 fully saturated rings. The van der Waals surface area contributed by atoms with E-state index in [1.807, 2.05) is 56.3 Å². The molecule has 7 heterocycles. The number of aliphatic imine (C=N–C) groups is 4. The minimum atomic E-state index is -4.98. The summed E-state index contributed by atoms with van der Waals surface area (Å²) in [5, 5.41) is 5.43. The maximum absolute atomic E-state index is 12.8. The van der Waals surface area contributed by atoms with Gasteiger partial charge in [-0.2, -0.15) is 0 Å². The van der Waals surface area contributed by atoms with Gasteiger partial charge in [-0.15, -0.1) is 0 Å². The summed E-state index contributed by atoms with van der Waals surface area (Å²) < 4.78 is 127. The Balaban J connectivity index is 0.000000312. The number of rotatable bonds is 15. The number of amidine groups is 4. The summed E-state index contributed by atoms with van der Waals surface area (Å²) in [5.74, 6) is 3.15. The zero-order chi connectivity index (χ0) is 62.5. The predicted molar refractivity (Wildman–Crippen MR) is 347 cm³/mol. The van der Waals surface area contributed by atoms with Crippen molar-refractivity contribution in [2.24, 2.45) is 41.8 Å². The van der Waals surface area contributed by atoms with Gasteiger partial charge in [-0.25, -0.2) is 4.57 Å². The summed E-state index contributed by atoms with van der Waals surface area (Å²) >= 11 is -2.37. The fourth-order valence-electron chi connectivity index (χ4n) is 12.6. The molecule has 91 heavy (non-hydrogen) atoms. The van der Waals surface area contributed by atoms with Crippen LogP contribution in [0.4, 0.5) is 11.6 Å². The van der Waals surface area contributed by atoms with E-state index in [2.05, 4.69) is 36.5 Å². The summed E-state index contributed by atoms with van der Waals surface area (Å²) in [5.41, 5.74) is 3.80. The van der Waals surface area contributed by atoms with Gasteiger partial charge in [0.15, 0.2) is 0 Å². The molecule has 1 atom stereocenters. The van der Waals surface area contributed by atoms with Crippen molar-refractivity contribution in [2.45, 2.75) is 87.5 Å². The first-order chi connectivity index (χ1) is 43.1. The van der Waals surface area contributed by atoms with E-state index in [0.717, 1.165) is 54.4 Å². The molecule has 1 radical (unpaired) electrons. The summed E-state index contributed by atoms with van der Waals surface area (Å²) in [6, 6.07) is 33.1. The summed E-state index contributed by atoms with van der Waals surface area (Å²) in [7, 11) is -14.9. The molecule has 21 nitrogen and oxygen atoms in total. The van der Waals surface area contributed by atoms with Gasteiger partial charge in [0.1, 0.15) is 12.4 Å². The van der Waals surface area contributed by atoms with Crippen LogP contribution in [0.5, 0.6) is 0 Å². The molecule has 4 aliphatic rings. The molecule has 0 saturated heterocycles. The first-order valence-electron chi connectivity index (χ1n) is 29.6. The molecule has 3 N–H and O–H groups in total. The van der Waals surface area contributed by atoms with Crippen LogP contribution in [0.15, 0.2) is 185 Å². The maximum Gasteiger partial charge on any atom is -0.412 e. The molecule has 0 aliphatic carbocycles. The van der Waals surface area contributed by atoms with Crippen LogP contribution in [0.1, 0.15) is 87.1 Å². The molecule has 3 aromatic heterocycles. The summed E-state index contributed by atoms with van der Waals surface area (Å²) in [6.07, 6.45) is 13.7. The van der Waals surface area contributed by atoms with Crippen LogP contribution in [0.3, 0.4) is 0 Å². The number of imidazole rings is 1. The minimum Gasteiger partial charge on any atom is -0.412 e. The van der Waals surface area contributed by atoms with Gasteiger partial charge in [-0.1, -0.05) is 40.0 Å². The van der Waals surface area contributed by atoms with Crippen LogP contribution in [0, 0.1) is 18.8 Å². The van der Waals surface area contributed by atoms with E-state index >= 15 is 0 Å². The summed E-state index contributed by atoms with van der Waals surface area (Å²) in [6.45, 7) is 11.9. The molecule has 8 aromatic carbocycles. The van der Waals surface area contributed by atoms with Crippen molar-refractivity contribution in [3.8, 4) is 0 Å². The van der Waals surface area contributed by atoms with Crippen molar-refractivity contribution in [1.82, 2.24) is 11.5 Å². The Morgan fingerprint density at radius 2 is 0.978 bits per heavy atom. The normalized spacial score (nSPS) is 14.4. The molecule has 15 rings (SSSR count). The molecule has 4 aliphatic heterocycles. The average Bonchev–Trinajstić information content (AvgIpc) is 1.57. The van der Waals surface area contributed by atoms with Crippen LogP contribution in [0.25, 0.3) is 64.6 Å². The van der Waals surface area contributed by atoms with Gasteiger partial charge in [0.05, 0.1) is 6.54 Å². The fraction of sp³-hybridized carbons (Fsp3) is 0.227. The average molecular weight is 1330 g/mol. The smallest absolute Gasteiger partial charge is 0.412 e. The zero-order valence-corrected chi connectivity index (χ0v) is 54.6. The number of H-pyrrole nitrogens is 1. The molecule has 0 spiro atoms. The van der Waals surface area contributed by atoms with Gasteiger partial charge in [0.2, 0.25) is 6.33 Å². The third kappa shape index (κ3) is 11.5. The number of unbranched alkanes of at least 4 members (excludes halogenated alkanes) is 1. The Labute approximate surface area is 530 Å². The number of hydrogen-bond acceptors (Lipinski definition) is 16. The molecular formula is C66H58GaN10O11S3-2. The van der Waals surface area contributed by atoms with Gasteiger partial charge >= 0.3 is 405 Å². The minimum absolute atomic E-state index is 0.